The molecule has 0 spiro atoms. The smallest absolute Gasteiger partial charge is 0.0824 e. The average Bonchev–Trinajstić information content (AvgIpc) is 2.26. The highest BCUT2D eigenvalue weighted by Crippen LogP contribution is 2.14. The molecule has 1 aromatic rings. The molecule has 0 aliphatic rings. The molecule has 0 radical (unpaired) electrons. The molecule has 0 fully saturated rings. The molecule has 0 saturated carbocycles. The van der Waals surface area contributed by atoms with Gasteiger partial charge in [0.1, 0.15) is 0 Å². The normalized spacial score (nSPS) is 9.27. The molecule has 1 aromatic heterocycles. The Hall–Kier alpha value is -1.00. The lowest BCUT2D eigenvalue weighted by Crippen LogP contribution is -1.89. The zero-order valence-corrected chi connectivity index (χ0v) is 7.48. The largest absolute Gasteiger partial charge is 0.274 e. The van der Waals surface area contributed by atoms with Crippen LogP contribution in [0.4, 0.5) is 0 Å². The Morgan fingerprint density at radius 2 is 2.64 bits per heavy atom. The van der Waals surface area contributed by atoms with E-state index < -0.39 is 0 Å². The van der Waals surface area contributed by atoms with Gasteiger partial charge in [-0.3, -0.25) is 4.68 Å². The van der Waals surface area contributed by atoms with E-state index in [2.05, 4.69) is 31.1 Å². The van der Waals surface area contributed by atoms with Gasteiger partial charge in [0.05, 0.1) is 16.7 Å². The minimum absolute atomic E-state index is 0.290. The number of aromatic nitrogens is 2. The van der Waals surface area contributed by atoms with E-state index in [4.69, 9.17) is 5.53 Å². The molecule has 0 amide bonds. The monoisotopic (exact) mass is 215 g/mol. The first-order chi connectivity index (χ1) is 5.24. The first kappa shape index (κ1) is 8.10. The second-order valence-corrected chi connectivity index (χ2v) is 2.84. The van der Waals surface area contributed by atoms with Crippen LogP contribution < -0.4 is 0 Å². The third kappa shape index (κ3) is 1.96. The van der Waals surface area contributed by atoms with Crippen LogP contribution in [-0.2, 0) is 13.6 Å². The van der Waals surface area contributed by atoms with Gasteiger partial charge in [0.2, 0.25) is 0 Å². The molecule has 6 heteroatoms. The van der Waals surface area contributed by atoms with Crippen molar-refractivity contribution in [3.63, 3.8) is 0 Å². The number of hydrogen-bond acceptors (Lipinski definition) is 2. The molecule has 1 heterocycles. The number of aryl methyl sites for hydroxylation is 1. The first-order valence-corrected chi connectivity index (χ1v) is 3.72. The van der Waals surface area contributed by atoms with E-state index >= 15 is 0 Å². The highest BCUT2D eigenvalue weighted by molar-refractivity contribution is 9.10. The summed E-state index contributed by atoms with van der Waals surface area (Å²) < 4.78 is 2.53. The summed E-state index contributed by atoms with van der Waals surface area (Å²) in [5, 5.41) is 7.44. The van der Waals surface area contributed by atoms with Gasteiger partial charge in [-0.25, -0.2) is 0 Å². The molecular formula is C5H6BrN5. The van der Waals surface area contributed by atoms with Crippen LogP contribution in [0.1, 0.15) is 5.69 Å². The van der Waals surface area contributed by atoms with Crippen LogP contribution in [-0.4, -0.2) is 9.78 Å². The number of halogens is 1. The van der Waals surface area contributed by atoms with Crippen molar-refractivity contribution in [2.75, 3.05) is 0 Å². The maximum atomic E-state index is 8.03. The van der Waals surface area contributed by atoms with Crippen LogP contribution in [0.2, 0.25) is 0 Å². The Kier molecular flexibility index (Phi) is 2.51. The molecule has 0 saturated heterocycles. The second kappa shape index (κ2) is 3.41. The number of rotatable bonds is 2. The molecule has 0 unspecified atom stereocenters. The number of nitrogens with zero attached hydrogens (tertiary/aromatic N) is 5. The quantitative estimate of drug-likeness (QED) is 0.423. The third-order valence-electron chi connectivity index (χ3n) is 1.14. The van der Waals surface area contributed by atoms with Crippen molar-refractivity contribution >= 4 is 15.9 Å². The zero-order chi connectivity index (χ0) is 8.27. The zero-order valence-electron chi connectivity index (χ0n) is 5.90. The third-order valence-corrected chi connectivity index (χ3v) is 1.80. The number of azide groups is 1. The highest BCUT2D eigenvalue weighted by Gasteiger charge is 2.01. The van der Waals surface area contributed by atoms with E-state index in [9.17, 15) is 0 Å². The highest BCUT2D eigenvalue weighted by atomic mass is 79.9. The minimum Gasteiger partial charge on any atom is -0.274 e. The number of hydrogen-bond donors (Lipinski definition) is 0. The van der Waals surface area contributed by atoms with Gasteiger partial charge in [0.15, 0.2) is 0 Å². The van der Waals surface area contributed by atoms with Crippen LogP contribution >= 0.6 is 15.9 Å². The van der Waals surface area contributed by atoms with Gasteiger partial charge < -0.3 is 0 Å². The van der Waals surface area contributed by atoms with Crippen LogP contribution in [0.25, 0.3) is 10.4 Å². The van der Waals surface area contributed by atoms with Crippen molar-refractivity contribution in [3.05, 3.63) is 26.8 Å². The maximum absolute atomic E-state index is 8.03. The molecule has 0 N–H and O–H groups in total. The van der Waals surface area contributed by atoms with E-state index in [1.165, 1.54) is 0 Å². The van der Waals surface area contributed by atoms with E-state index in [0.717, 1.165) is 10.2 Å². The van der Waals surface area contributed by atoms with Crippen LogP contribution in [0.3, 0.4) is 0 Å². The Morgan fingerprint density at radius 3 is 3.09 bits per heavy atom. The van der Waals surface area contributed by atoms with Gasteiger partial charge in [-0.1, -0.05) is 5.11 Å². The molecule has 11 heavy (non-hydrogen) atoms. The summed E-state index contributed by atoms with van der Waals surface area (Å²) in [4.78, 5) is 2.64. The van der Waals surface area contributed by atoms with E-state index in [0.29, 0.717) is 0 Å². The summed E-state index contributed by atoms with van der Waals surface area (Å²) in [6, 6.07) is 0. The van der Waals surface area contributed by atoms with Crippen LogP contribution in [0.15, 0.2) is 15.8 Å². The van der Waals surface area contributed by atoms with Gasteiger partial charge in [-0.05, 0) is 21.5 Å². The van der Waals surface area contributed by atoms with Gasteiger partial charge in [0.25, 0.3) is 0 Å². The van der Waals surface area contributed by atoms with Gasteiger partial charge in [-0.2, -0.15) is 5.10 Å². The predicted molar refractivity (Wildman–Crippen MR) is 43.8 cm³/mol. The predicted octanol–water partition coefficient (Wildman–Crippen LogP) is 1.99. The lowest BCUT2D eigenvalue weighted by molar-refractivity contribution is 0.742. The van der Waals surface area contributed by atoms with Crippen molar-refractivity contribution in [1.29, 1.82) is 0 Å². The first-order valence-electron chi connectivity index (χ1n) is 2.93. The summed E-state index contributed by atoms with van der Waals surface area (Å²) in [5.41, 5.74) is 8.79. The Morgan fingerprint density at radius 1 is 1.91 bits per heavy atom. The SMILES string of the molecule is Cn1cc(Br)c(CN=[N+]=[N-])n1. The fraction of sp³-hybridized carbons (Fsp3) is 0.400. The molecule has 0 aromatic carbocycles. The Labute approximate surface area is 71.8 Å². The lowest BCUT2D eigenvalue weighted by Gasteiger charge is -1.85. The Balaban J connectivity index is 2.85. The molecule has 0 aliphatic carbocycles. The summed E-state index contributed by atoms with van der Waals surface area (Å²) in [6.07, 6.45) is 1.81. The van der Waals surface area contributed by atoms with Crippen molar-refractivity contribution in [3.8, 4) is 0 Å². The second-order valence-electron chi connectivity index (χ2n) is 1.99. The lowest BCUT2D eigenvalue weighted by atomic mass is 10.4. The summed E-state index contributed by atoms with van der Waals surface area (Å²) in [5.74, 6) is 0. The molecule has 58 valence electrons. The van der Waals surface area contributed by atoms with Crippen LogP contribution in [0.5, 0.6) is 0 Å². The topological polar surface area (TPSA) is 66.6 Å². The Bertz CT molecular complexity index is 298. The average molecular weight is 216 g/mol. The van der Waals surface area contributed by atoms with E-state index in [1.807, 2.05) is 13.2 Å². The van der Waals surface area contributed by atoms with Gasteiger partial charge in [-0.15, -0.1) is 0 Å². The molecule has 0 aliphatic heterocycles. The summed E-state index contributed by atoms with van der Waals surface area (Å²) in [7, 11) is 1.81. The molecule has 0 bridgehead atoms. The fourth-order valence-electron chi connectivity index (χ4n) is 0.711. The standard InChI is InChI=1S/C5H6BrN5/c1-11-3-4(6)5(9-11)2-8-10-7/h3H,2H2,1H3. The molecule has 5 nitrogen and oxygen atoms in total. The molecule has 1 rings (SSSR count). The van der Waals surface area contributed by atoms with Gasteiger partial charge >= 0.3 is 0 Å². The van der Waals surface area contributed by atoms with Crippen molar-refractivity contribution in [2.45, 2.75) is 6.54 Å². The van der Waals surface area contributed by atoms with Crippen LogP contribution in [0, 0.1) is 0 Å². The van der Waals surface area contributed by atoms with E-state index in [-0.39, 0.29) is 6.54 Å². The summed E-state index contributed by atoms with van der Waals surface area (Å²) in [6.45, 7) is 0.290. The van der Waals surface area contributed by atoms with Crippen molar-refractivity contribution in [1.82, 2.24) is 9.78 Å². The maximum Gasteiger partial charge on any atom is 0.0824 e. The fourth-order valence-corrected chi connectivity index (χ4v) is 1.21. The van der Waals surface area contributed by atoms with Crippen molar-refractivity contribution in [2.24, 2.45) is 12.2 Å². The molecular weight excluding hydrogens is 210 g/mol. The van der Waals surface area contributed by atoms with Gasteiger partial charge in [0, 0.05) is 18.2 Å². The van der Waals surface area contributed by atoms with Crippen molar-refractivity contribution < 1.29 is 0 Å². The minimum atomic E-state index is 0.290. The summed E-state index contributed by atoms with van der Waals surface area (Å²) >= 11 is 3.28. The molecule has 0 atom stereocenters. The van der Waals surface area contributed by atoms with E-state index in [1.54, 1.807) is 4.68 Å².